The van der Waals surface area contributed by atoms with Gasteiger partial charge in [0.15, 0.2) is 0 Å². The van der Waals surface area contributed by atoms with Crippen LogP contribution in [0.2, 0.25) is 0 Å². The molecule has 2 fully saturated rings. The lowest BCUT2D eigenvalue weighted by Gasteiger charge is -2.18. The fourth-order valence-corrected chi connectivity index (χ4v) is 3.15. The first-order chi connectivity index (χ1) is 8.67. The highest BCUT2D eigenvalue weighted by Crippen LogP contribution is 2.39. The summed E-state index contributed by atoms with van der Waals surface area (Å²) in [5, 5.41) is 18.8. The van der Waals surface area contributed by atoms with E-state index in [1.807, 2.05) is 6.92 Å². The Morgan fingerprint density at radius 2 is 2.22 bits per heavy atom. The second kappa shape index (κ2) is 4.21. The number of fused-ring (bicyclic) bond motifs is 1. The third-order valence-corrected chi connectivity index (χ3v) is 4.06. The van der Waals surface area contributed by atoms with Crippen LogP contribution in [0.4, 0.5) is 5.95 Å². The molecule has 0 radical (unpaired) electrons. The average molecular weight is 244 g/mol. The molecule has 94 valence electrons. The largest absolute Gasteiger partial charge is 0.393 e. The van der Waals surface area contributed by atoms with Crippen molar-refractivity contribution in [2.75, 3.05) is 18.0 Å². The molecule has 0 spiro atoms. The van der Waals surface area contributed by atoms with Crippen LogP contribution in [0.3, 0.4) is 0 Å². The molecule has 1 aliphatic carbocycles. The molecule has 0 bridgehead atoms. The van der Waals surface area contributed by atoms with E-state index in [1.54, 1.807) is 6.07 Å². The normalized spacial score (nSPS) is 30.3. The zero-order valence-electron chi connectivity index (χ0n) is 10.4. The molecule has 2 heterocycles. The Morgan fingerprint density at radius 1 is 1.39 bits per heavy atom. The number of hydrogen-bond donors (Lipinski definition) is 1. The predicted octanol–water partition coefficient (Wildman–Crippen LogP) is 0.864. The zero-order valence-corrected chi connectivity index (χ0v) is 10.4. The minimum absolute atomic E-state index is 0.180. The maximum Gasteiger partial charge on any atom is 0.226 e. The van der Waals surface area contributed by atoms with Gasteiger partial charge < -0.3 is 10.0 Å². The van der Waals surface area contributed by atoms with Gasteiger partial charge in [-0.1, -0.05) is 0 Å². The van der Waals surface area contributed by atoms with E-state index in [0.717, 1.165) is 31.6 Å². The lowest BCUT2D eigenvalue weighted by Crippen LogP contribution is -2.26. The summed E-state index contributed by atoms with van der Waals surface area (Å²) in [5.41, 5.74) is 1.23. The Bertz CT molecular complexity index is 510. The van der Waals surface area contributed by atoms with Crippen LogP contribution in [0.15, 0.2) is 6.07 Å². The van der Waals surface area contributed by atoms with Gasteiger partial charge in [0.05, 0.1) is 6.10 Å². The van der Waals surface area contributed by atoms with E-state index < -0.39 is 0 Å². The van der Waals surface area contributed by atoms with Gasteiger partial charge >= 0.3 is 0 Å². The van der Waals surface area contributed by atoms with Gasteiger partial charge in [0, 0.05) is 24.7 Å². The van der Waals surface area contributed by atoms with Gasteiger partial charge in [-0.15, -0.1) is 0 Å². The molecule has 1 aliphatic heterocycles. The number of aliphatic hydroxyl groups excluding tert-OH is 1. The third kappa shape index (κ3) is 1.83. The first kappa shape index (κ1) is 11.4. The second-order valence-corrected chi connectivity index (χ2v) is 5.28. The van der Waals surface area contributed by atoms with E-state index in [0.29, 0.717) is 23.5 Å². The Morgan fingerprint density at radius 3 is 2.94 bits per heavy atom. The van der Waals surface area contributed by atoms with E-state index in [1.165, 1.54) is 0 Å². The number of nitriles is 1. The molecule has 1 aromatic heterocycles. The molecule has 5 nitrogen and oxygen atoms in total. The van der Waals surface area contributed by atoms with Gasteiger partial charge in [-0.25, -0.2) is 9.97 Å². The van der Waals surface area contributed by atoms with E-state index in [9.17, 15) is 5.11 Å². The minimum atomic E-state index is -0.180. The standard InChI is InChI=1S/C13H16N4O/c1-8-4-10(5-14)16-13(15-8)17-6-9-2-3-12(18)11(9)7-17/h4,9,11-12,18H,2-3,6-7H2,1H3. The number of aliphatic hydroxyl groups is 1. The van der Waals surface area contributed by atoms with Gasteiger partial charge in [0.1, 0.15) is 11.8 Å². The molecule has 5 heteroatoms. The maximum atomic E-state index is 9.90. The topological polar surface area (TPSA) is 73.0 Å². The predicted molar refractivity (Wildman–Crippen MR) is 65.9 cm³/mol. The highest BCUT2D eigenvalue weighted by Gasteiger charge is 2.42. The van der Waals surface area contributed by atoms with Gasteiger partial charge in [0.25, 0.3) is 0 Å². The Balaban J connectivity index is 1.85. The smallest absolute Gasteiger partial charge is 0.226 e. The molecule has 0 amide bonds. The van der Waals surface area contributed by atoms with Crippen LogP contribution >= 0.6 is 0 Å². The number of aryl methyl sites for hydroxylation is 1. The van der Waals surface area contributed by atoms with Gasteiger partial charge in [-0.2, -0.15) is 5.26 Å². The zero-order chi connectivity index (χ0) is 12.7. The van der Waals surface area contributed by atoms with Crippen LogP contribution in [-0.2, 0) is 0 Å². The molecule has 0 aromatic carbocycles. The lowest BCUT2D eigenvalue weighted by atomic mass is 10.00. The summed E-state index contributed by atoms with van der Waals surface area (Å²) in [7, 11) is 0. The van der Waals surface area contributed by atoms with Gasteiger partial charge in [-0.05, 0) is 31.7 Å². The molecule has 2 aliphatic rings. The number of nitrogens with zero attached hydrogens (tertiary/aromatic N) is 4. The summed E-state index contributed by atoms with van der Waals surface area (Å²) < 4.78 is 0. The van der Waals surface area contributed by atoms with Crippen LogP contribution < -0.4 is 4.90 Å². The monoisotopic (exact) mass is 244 g/mol. The average Bonchev–Trinajstić information content (AvgIpc) is 2.91. The Kier molecular flexibility index (Phi) is 2.67. The molecular formula is C13H16N4O. The Labute approximate surface area is 106 Å². The molecule has 1 saturated carbocycles. The van der Waals surface area contributed by atoms with E-state index in [4.69, 9.17) is 5.26 Å². The molecule has 3 atom stereocenters. The quantitative estimate of drug-likeness (QED) is 0.793. The molecule has 1 aromatic rings. The highest BCUT2D eigenvalue weighted by atomic mass is 16.3. The highest BCUT2D eigenvalue weighted by molar-refractivity contribution is 5.38. The fraction of sp³-hybridized carbons (Fsp3) is 0.615. The van der Waals surface area contributed by atoms with Crippen LogP contribution in [0.5, 0.6) is 0 Å². The van der Waals surface area contributed by atoms with Crippen LogP contribution in [0, 0.1) is 30.1 Å². The van der Waals surface area contributed by atoms with Crippen molar-refractivity contribution >= 4 is 5.95 Å². The third-order valence-electron chi connectivity index (χ3n) is 4.06. The number of aromatic nitrogens is 2. The van der Waals surface area contributed by atoms with Crippen LogP contribution in [-0.4, -0.2) is 34.3 Å². The summed E-state index contributed by atoms with van der Waals surface area (Å²) in [6.45, 7) is 3.58. The summed E-state index contributed by atoms with van der Waals surface area (Å²) >= 11 is 0. The van der Waals surface area contributed by atoms with Crippen molar-refractivity contribution in [2.45, 2.75) is 25.9 Å². The molecule has 3 unspecified atom stereocenters. The number of hydrogen-bond acceptors (Lipinski definition) is 5. The van der Waals surface area contributed by atoms with Crippen molar-refractivity contribution in [1.82, 2.24) is 9.97 Å². The Hall–Kier alpha value is -1.67. The SMILES string of the molecule is Cc1cc(C#N)nc(N2CC3CCC(O)C3C2)n1. The van der Waals surface area contributed by atoms with Crippen molar-refractivity contribution < 1.29 is 5.11 Å². The summed E-state index contributed by atoms with van der Waals surface area (Å²) in [6.07, 6.45) is 1.82. The first-order valence-corrected chi connectivity index (χ1v) is 6.36. The van der Waals surface area contributed by atoms with Crippen molar-refractivity contribution in [2.24, 2.45) is 11.8 Å². The van der Waals surface area contributed by atoms with Gasteiger partial charge in [0.2, 0.25) is 5.95 Å². The molecular weight excluding hydrogens is 228 g/mol. The summed E-state index contributed by atoms with van der Waals surface area (Å²) in [5.74, 6) is 1.53. The van der Waals surface area contributed by atoms with E-state index in [-0.39, 0.29) is 6.10 Å². The molecule has 1 N–H and O–H groups in total. The van der Waals surface area contributed by atoms with Gasteiger partial charge in [-0.3, -0.25) is 0 Å². The van der Waals surface area contributed by atoms with Crippen LogP contribution in [0.1, 0.15) is 24.2 Å². The fourth-order valence-electron chi connectivity index (χ4n) is 3.15. The summed E-state index contributed by atoms with van der Waals surface area (Å²) in [6, 6.07) is 3.75. The molecule has 18 heavy (non-hydrogen) atoms. The lowest BCUT2D eigenvalue weighted by molar-refractivity contribution is 0.133. The van der Waals surface area contributed by atoms with Crippen molar-refractivity contribution in [1.29, 1.82) is 5.26 Å². The van der Waals surface area contributed by atoms with E-state index >= 15 is 0 Å². The minimum Gasteiger partial charge on any atom is -0.393 e. The molecule has 1 saturated heterocycles. The van der Waals surface area contributed by atoms with E-state index in [2.05, 4.69) is 20.9 Å². The molecule has 3 rings (SSSR count). The van der Waals surface area contributed by atoms with Crippen LogP contribution in [0.25, 0.3) is 0 Å². The first-order valence-electron chi connectivity index (χ1n) is 6.36. The van der Waals surface area contributed by atoms with Crippen molar-refractivity contribution in [3.8, 4) is 6.07 Å². The maximum absolute atomic E-state index is 9.90. The van der Waals surface area contributed by atoms with Crippen molar-refractivity contribution in [3.63, 3.8) is 0 Å². The number of anilines is 1. The number of rotatable bonds is 1. The summed E-state index contributed by atoms with van der Waals surface area (Å²) in [4.78, 5) is 10.8. The van der Waals surface area contributed by atoms with Crippen molar-refractivity contribution in [3.05, 3.63) is 17.5 Å². The second-order valence-electron chi connectivity index (χ2n) is 5.28.